The quantitative estimate of drug-likeness (QED) is 0.683. The van der Waals surface area contributed by atoms with Gasteiger partial charge in [-0.3, -0.25) is 4.79 Å². The van der Waals surface area contributed by atoms with Crippen LogP contribution in [-0.2, 0) is 9.53 Å². The molecule has 0 radical (unpaired) electrons. The molecule has 0 bridgehead atoms. The van der Waals surface area contributed by atoms with Crippen molar-refractivity contribution >= 4 is 5.97 Å². The molecule has 3 rings (SSSR count). The van der Waals surface area contributed by atoms with Crippen LogP contribution in [0.3, 0.4) is 0 Å². The van der Waals surface area contributed by atoms with Crippen molar-refractivity contribution in [3.63, 3.8) is 0 Å². The number of hydrogen-bond acceptors (Lipinski definition) is 2. The van der Waals surface area contributed by atoms with Crippen LogP contribution in [0, 0.1) is 22.7 Å². The Morgan fingerprint density at radius 2 is 1.90 bits per heavy atom. The zero-order chi connectivity index (χ0) is 14.6. The third kappa shape index (κ3) is 1.86. The molecule has 3 aliphatic rings. The van der Waals surface area contributed by atoms with Crippen LogP contribution in [0.2, 0.25) is 0 Å². The summed E-state index contributed by atoms with van der Waals surface area (Å²) in [5.74, 6) is 1.28. The molecule has 2 heteroatoms. The molecule has 1 saturated heterocycles. The number of hydrogen-bond donors (Lipinski definition) is 0. The molecule has 0 amide bonds. The minimum Gasteiger partial charge on any atom is -0.459 e. The summed E-state index contributed by atoms with van der Waals surface area (Å²) in [4.78, 5) is 12.0. The van der Waals surface area contributed by atoms with E-state index in [1.165, 1.54) is 25.7 Å². The van der Waals surface area contributed by atoms with Gasteiger partial charge in [-0.2, -0.15) is 0 Å². The first-order chi connectivity index (χ1) is 9.34. The molecule has 0 aromatic heterocycles. The average molecular weight is 278 g/mol. The first-order valence-corrected chi connectivity index (χ1v) is 8.56. The van der Waals surface area contributed by atoms with Crippen LogP contribution in [0.4, 0.5) is 0 Å². The average Bonchev–Trinajstić information content (AvgIpc) is 2.66. The van der Waals surface area contributed by atoms with Gasteiger partial charge in [0.2, 0.25) is 0 Å². The normalized spacial score (nSPS) is 46.5. The van der Waals surface area contributed by atoms with Gasteiger partial charge in [-0.15, -0.1) is 0 Å². The Labute approximate surface area is 123 Å². The molecule has 114 valence electrons. The number of esters is 1. The van der Waals surface area contributed by atoms with Crippen LogP contribution in [-0.4, -0.2) is 11.6 Å². The molecule has 0 N–H and O–H groups in total. The topological polar surface area (TPSA) is 26.3 Å². The number of fused-ring (bicyclic) bond motifs is 3. The second-order valence-corrected chi connectivity index (χ2v) is 8.48. The Balaban J connectivity index is 1.99. The van der Waals surface area contributed by atoms with Gasteiger partial charge in [0.1, 0.15) is 5.60 Å². The number of carbonyl (C=O) groups is 1. The van der Waals surface area contributed by atoms with Gasteiger partial charge >= 0.3 is 5.97 Å². The van der Waals surface area contributed by atoms with Gasteiger partial charge in [0.05, 0.1) is 6.42 Å². The van der Waals surface area contributed by atoms with Crippen molar-refractivity contribution in [2.45, 2.75) is 84.7 Å². The summed E-state index contributed by atoms with van der Waals surface area (Å²) in [6.07, 6.45) is 9.13. The maximum absolute atomic E-state index is 12.0. The van der Waals surface area contributed by atoms with Crippen LogP contribution in [0.15, 0.2) is 0 Å². The van der Waals surface area contributed by atoms with Gasteiger partial charge < -0.3 is 4.74 Å². The smallest absolute Gasteiger partial charge is 0.306 e. The molecule has 2 aliphatic carbocycles. The van der Waals surface area contributed by atoms with Crippen LogP contribution >= 0.6 is 0 Å². The van der Waals surface area contributed by atoms with E-state index in [1.807, 2.05) is 0 Å². The highest BCUT2D eigenvalue weighted by Gasteiger charge is 2.63. The zero-order valence-electron chi connectivity index (χ0n) is 13.6. The van der Waals surface area contributed by atoms with Crippen molar-refractivity contribution in [1.82, 2.24) is 0 Å². The minimum atomic E-state index is -0.121. The molecule has 0 aromatic carbocycles. The fraction of sp³-hybridized carbons (Fsp3) is 0.944. The fourth-order valence-electron chi connectivity index (χ4n) is 6.22. The van der Waals surface area contributed by atoms with Crippen LogP contribution in [0.5, 0.6) is 0 Å². The highest BCUT2D eigenvalue weighted by molar-refractivity contribution is 5.73. The molecule has 3 fully saturated rings. The molecular weight excluding hydrogens is 248 g/mol. The molecular formula is C18H30O2. The van der Waals surface area contributed by atoms with Gasteiger partial charge in [0, 0.05) is 5.92 Å². The molecule has 4 atom stereocenters. The SMILES string of the molecule is CCC[C@@]12CCC3C(C)(C)CCC[C@]3(C)C1CC(=O)O2. The highest BCUT2D eigenvalue weighted by atomic mass is 16.6. The third-order valence-electron chi connectivity index (χ3n) is 6.92. The molecule has 20 heavy (non-hydrogen) atoms. The summed E-state index contributed by atoms with van der Waals surface area (Å²) in [6.45, 7) is 9.57. The van der Waals surface area contributed by atoms with E-state index >= 15 is 0 Å². The monoisotopic (exact) mass is 278 g/mol. The first kappa shape index (κ1) is 14.4. The summed E-state index contributed by atoms with van der Waals surface area (Å²) in [6, 6.07) is 0. The molecule has 0 spiro atoms. The molecule has 2 nitrogen and oxygen atoms in total. The van der Waals surface area contributed by atoms with E-state index < -0.39 is 0 Å². The summed E-state index contributed by atoms with van der Waals surface area (Å²) >= 11 is 0. The second kappa shape index (κ2) is 4.48. The molecule has 0 aromatic rings. The van der Waals surface area contributed by atoms with Crippen LogP contribution in [0.1, 0.15) is 79.1 Å². The zero-order valence-corrected chi connectivity index (χ0v) is 13.6. The number of rotatable bonds is 2. The van der Waals surface area contributed by atoms with Gasteiger partial charge in [-0.1, -0.05) is 40.5 Å². The summed E-state index contributed by atoms with van der Waals surface area (Å²) in [5.41, 5.74) is 0.614. The van der Waals surface area contributed by atoms with E-state index in [9.17, 15) is 4.79 Å². The lowest BCUT2D eigenvalue weighted by Gasteiger charge is -2.60. The van der Waals surface area contributed by atoms with Gasteiger partial charge in [0.15, 0.2) is 0 Å². The minimum absolute atomic E-state index is 0.0636. The lowest BCUT2D eigenvalue weighted by atomic mass is 9.45. The van der Waals surface area contributed by atoms with E-state index in [0.29, 0.717) is 23.2 Å². The van der Waals surface area contributed by atoms with Crippen LogP contribution in [0.25, 0.3) is 0 Å². The van der Waals surface area contributed by atoms with E-state index in [-0.39, 0.29) is 11.6 Å². The lowest BCUT2D eigenvalue weighted by Crippen LogP contribution is -2.56. The Kier molecular flexibility index (Phi) is 3.23. The van der Waals surface area contributed by atoms with E-state index in [2.05, 4.69) is 27.7 Å². The summed E-state index contributed by atoms with van der Waals surface area (Å²) in [5, 5.41) is 0. The third-order valence-corrected chi connectivity index (χ3v) is 6.92. The van der Waals surface area contributed by atoms with Crippen molar-refractivity contribution in [3.05, 3.63) is 0 Å². The van der Waals surface area contributed by atoms with Crippen molar-refractivity contribution in [2.75, 3.05) is 0 Å². The standard InChI is InChI=1S/C18H30O2/c1-5-8-18-11-7-13-16(2,3)9-6-10-17(13,4)14(18)12-15(19)20-18/h13-14H,5-12H2,1-4H3/t13?,14?,17-,18+/m0/s1. The largest absolute Gasteiger partial charge is 0.459 e. The summed E-state index contributed by atoms with van der Waals surface area (Å²) < 4.78 is 5.94. The molecule has 2 unspecified atom stereocenters. The maximum atomic E-state index is 12.0. The molecule has 1 heterocycles. The van der Waals surface area contributed by atoms with Gasteiger partial charge in [-0.25, -0.2) is 0 Å². The van der Waals surface area contributed by atoms with E-state index in [1.54, 1.807) is 0 Å². The lowest BCUT2D eigenvalue weighted by molar-refractivity contribution is -0.171. The van der Waals surface area contributed by atoms with Crippen molar-refractivity contribution in [1.29, 1.82) is 0 Å². The Hall–Kier alpha value is -0.530. The second-order valence-electron chi connectivity index (χ2n) is 8.48. The van der Waals surface area contributed by atoms with Gasteiger partial charge in [-0.05, 0) is 48.9 Å². The van der Waals surface area contributed by atoms with Crippen molar-refractivity contribution < 1.29 is 9.53 Å². The fourth-order valence-corrected chi connectivity index (χ4v) is 6.22. The van der Waals surface area contributed by atoms with E-state index in [4.69, 9.17) is 4.74 Å². The highest BCUT2D eigenvalue weighted by Crippen LogP contribution is 2.65. The number of carbonyl (C=O) groups excluding carboxylic acids is 1. The number of ether oxygens (including phenoxy) is 1. The van der Waals surface area contributed by atoms with Crippen LogP contribution < -0.4 is 0 Å². The Bertz CT molecular complexity index is 414. The Morgan fingerprint density at radius 1 is 1.15 bits per heavy atom. The van der Waals surface area contributed by atoms with Crippen molar-refractivity contribution in [2.24, 2.45) is 22.7 Å². The summed E-state index contributed by atoms with van der Waals surface area (Å²) in [7, 11) is 0. The predicted octanol–water partition coefficient (Wildman–Crippen LogP) is 4.71. The Morgan fingerprint density at radius 3 is 2.60 bits per heavy atom. The van der Waals surface area contributed by atoms with E-state index in [0.717, 1.165) is 25.2 Å². The predicted molar refractivity (Wildman–Crippen MR) is 80.3 cm³/mol. The van der Waals surface area contributed by atoms with Gasteiger partial charge in [0.25, 0.3) is 0 Å². The first-order valence-electron chi connectivity index (χ1n) is 8.56. The molecule has 2 saturated carbocycles. The maximum Gasteiger partial charge on any atom is 0.306 e. The van der Waals surface area contributed by atoms with Crippen molar-refractivity contribution in [3.8, 4) is 0 Å². The molecule has 1 aliphatic heterocycles.